The minimum Gasteiger partial charge on any atom is -0.482 e. The minimum absolute atomic E-state index is 0.130. The van der Waals surface area contributed by atoms with Gasteiger partial charge in [-0.05, 0) is 18.2 Å². The van der Waals surface area contributed by atoms with Crippen LogP contribution in [-0.4, -0.2) is 20.9 Å². The molecule has 1 aromatic carbocycles. The van der Waals surface area contributed by atoms with Crippen LogP contribution in [0.15, 0.2) is 23.1 Å². The molecule has 7 heteroatoms. The van der Waals surface area contributed by atoms with Crippen molar-refractivity contribution in [3.8, 4) is 5.75 Å². The van der Waals surface area contributed by atoms with E-state index in [9.17, 15) is 17.1 Å². The molecule has 1 amide bonds. The smallest absolute Gasteiger partial charge is 0.332 e. The molecule has 0 saturated heterocycles. The van der Waals surface area contributed by atoms with E-state index in [4.69, 9.17) is 4.74 Å². The summed E-state index contributed by atoms with van der Waals surface area (Å²) in [4.78, 5) is 10.4. The van der Waals surface area contributed by atoms with Crippen molar-refractivity contribution in [2.45, 2.75) is 4.90 Å². The normalized spacial score (nSPS) is 15.1. The molecule has 1 heterocycles. The summed E-state index contributed by atoms with van der Waals surface area (Å²) in [5.74, 6) is -0.0853. The molecule has 0 unspecified atom stereocenters. The van der Waals surface area contributed by atoms with Crippen LogP contribution in [0.25, 0.3) is 0 Å². The van der Waals surface area contributed by atoms with Gasteiger partial charge in [0.1, 0.15) is 10.6 Å². The highest BCUT2D eigenvalue weighted by Gasteiger charge is 2.19. The van der Waals surface area contributed by atoms with E-state index in [0.29, 0.717) is 5.75 Å². The van der Waals surface area contributed by atoms with E-state index < -0.39 is 21.0 Å². The van der Waals surface area contributed by atoms with E-state index >= 15 is 0 Å². The summed E-state index contributed by atoms with van der Waals surface area (Å²) in [6.07, 6.45) is 0. The van der Waals surface area contributed by atoms with Gasteiger partial charge in [-0.15, -0.1) is 3.89 Å². The van der Waals surface area contributed by atoms with Gasteiger partial charge in [-0.2, -0.15) is 8.42 Å². The van der Waals surface area contributed by atoms with Crippen LogP contribution in [-0.2, 0) is 15.0 Å². The molecule has 1 N–H and O–H groups in total. The van der Waals surface area contributed by atoms with Gasteiger partial charge in [0.2, 0.25) is 0 Å². The molecule has 80 valence electrons. The van der Waals surface area contributed by atoms with Crippen LogP contribution in [0.1, 0.15) is 0 Å². The average Bonchev–Trinajstić information content (AvgIpc) is 2.15. The lowest BCUT2D eigenvalue weighted by Crippen LogP contribution is -2.25. The predicted octanol–water partition coefficient (Wildman–Crippen LogP) is 0.676. The van der Waals surface area contributed by atoms with Gasteiger partial charge in [-0.3, -0.25) is 4.79 Å². The van der Waals surface area contributed by atoms with Crippen LogP contribution in [0.4, 0.5) is 9.57 Å². The zero-order valence-corrected chi connectivity index (χ0v) is 8.17. The fourth-order valence-electron chi connectivity index (χ4n) is 1.21. The van der Waals surface area contributed by atoms with Crippen LogP contribution < -0.4 is 10.1 Å². The molecule has 1 aliphatic rings. The van der Waals surface area contributed by atoms with Crippen molar-refractivity contribution >= 4 is 21.8 Å². The number of amides is 1. The third-order valence-corrected chi connectivity index (χ3v) is 2.68. The highest BCUT2D eigenvalue weighted by Crippen LogP contribution is 2.30. The Morgan fingerprint density at radius 3 is 2.80 bits per heavy atom. The van der Waals surface area contributed by atoms with Gasteiger partial charge in [0, 0.05) is 0 Å². The van der Waals surface area contributed by atoms with Crippen LogP contribution in [0, 0.1) is 0 Å². The average molecular weight is 231 g/mol. The maximum Gasteiger partial charge on any atom is 0.332 e. The minimum atomic E-state index is -4.76. The molecule has 0 spiro atoms. The number of ether oxygens (including phenoxy) is 1. The molecule has 0 bridgehead atoms. The van der Waals surface area contributed by atoms with E-state index in [-0.39, 0.29) is 12.3 Å². The maximum atomic E-state index is 12.6. The number of fused-ring (bicyclic) bond motifs is 1. The Hall–Kier alpha value is -1.63. The molecule has 1 aromatic rings. The van der Waals surface area contributed by atoms with Gasteiger partial charge in [-0.1, -0.05) is 0 Å². The summed E-state index contributed by atoms with van der Waals surface area (Å²) in [6.45, 7) is -0.130. The number of anilines is 1. The van der Waals surface area contributed by atoms with Crippen molar-refractivity contribution in [2.24, 2.45) is 0 Å². The molecule has 5 nitrogen and oxygen atoms in total. The van der Waals surface area contributed by atoms with E-state index in [1.165, 1.54) is 6.07 Å². The zero-order valence-electron chi connectivity index (χ0n) is 7.36. The number of nitrogens with one attached hydrogen (secondary N) is 1. The fraction of sp³-hybridized carbons (Fsp3) is 0.125. The molecule has 2 rings (SSSR count). The van der Waals surface area contributed by atoms with Gasteiger partial charge >= 0.3 is 10.2 Å². The summed E-state index contributed by atoms with van der Waals surface area (Å²) < 4.78 is 38.7. The lowest BCUT2D eigenvalue weighted by atomic mass is 10.2. The highest BCUT2D eigenvalue weighted by atomic mass is 32.3. The van der Waals surface area contributed by atoms with E-state index in [1.807, 2.05) is 0 Å². The third-order valence-electron chi connectivity index (χ3n) is 1.87. The largest absolute Gasteiger partial charge is 0.482 e. The Morgan fingerprint density at radius 2 is 2.13 bits per heavy atom. The Morgan fingerprint density at radius 1 is 1.40 bits per heavy atom. The third kappa shape index (κ3) is 1.91. The summed E-state index contributed by atoms with van der Waals surface area (Å²) in [5, 5.41) is 2.38. The van der Waals surface area contributed by atoms with Gasteiger partial charge in [0.25, 0.3) is 5.91 Å². The summed E-state index contributed by atoms with van der Waals surface area (Å²) >= 11 is 0. The number of halogens is 1. The number of hydrogen-bond acceptors (Lipinski definition) is 4. The molecule has 0 fully saturated rings. The number of hydrogen-bond donors (Lipinski definition) is 1. The molecular formula is C8H6FNO4S. The van der Waals surface area contributed by atoms with Crippen molar-refractivity contribution in [1.29, 1.82) is 0 Å². The van der Waals surface area contributed by atoms with Crippen molar-refractivity contribution in [3.05, 3.63) is 18.2 Å². The maximum absolute atomic E-state index is 12.6. The number of benzene rings is 1. The first-order valence-corrected chi connectivity index (χ1v) is 5.36. The SMILES string of the molecule is O=C1COc2ccc(S(=O)(=O)F)cc2N1. The van der Waals surface area contributed by atoms with E-state index in [2.05, 4.69) is 5.32 Å². The molecule has 15 heavy (non-hydrogen) atoms. The van der Waals surface area contributed by atoms with Crippen LogP contribution >= 0.6 is 0 Å². The zero-order chi connectivity index (χ0) is 11.1. The van der Waals surface area contributed by atoms with Crippen LogP contribution in [0.3, 0.4) is 0 Å². The van der Waals surface area contributed by atoms with Gasteiger partial charge in [0.15, 0.2) is 6.61 Å². The molecule has 0 saturated carbocycles. The molecule has 0 atom stereocenters. The summed E-state index contributed by atoms with van der Waals surface area (Å²) in [6, 6.07) is 3.38. The van der Waals surface area contributed by atoms with Crippen LogP contribution in [0.2, 0.25) is 0 Å². The number of carbonyl (C=O) groups is 1. The molecule has 0 aromatic heterocycles. The Balaban J connectivity index is 2.50. The lowest BCUT2D eigenvalue weighted by Gasteiger charge is -2.17. The number of carbonyl (C=O) groups excluding carboxylic acids is 1. The topological polar surface area (TPSA) is 72.5 Å². The summed E-state index contributed by atoms with van der Waals surface area (Å²) in [7, 11) is -4.76. The molecule has 0 aliphatic carbocycles. The Kier molecular flexibility index (Phi) is 2.11. The van der Waals surface area contributed by atoms with Gasteiger partial charge < -0.3 is 10.1 Å². The second kappa shape index (κ2) is 3.20. The Bertz CT molecular complexity index is 525. The first kappa shape index (κ1) is 9.91. The van der Waals surface area contributed by atoms with Gasteiger partial charge in [0.05, 0.1) is 5.69 Å². The highest BCUT2D eigenvalue weighted by molar-refractivity contribution is 7.86. The second-order valence-corrected chi connectivity index (χ2v) is 4.28. The molecular weight excluding hydrogens is 225 g/mol. The van der Waals surface area contributed by atoms with E-state index in [1.54, 1.807) is 0 Å². The quantitative estimate of drug-likeness (QED) is 0.721. The number of rotatable bonds is 1. The second-order valence-electron chi connectivity index (χ2n) is 2.93. The lowest BCUT2D eigenvalue weighted by molar-refractivity contribution is -0.118. The van der Waals surface area contributed by atoms with Gasteiger partial charge in [-0.25, -0.2) is 0 Å². The molecule has 0 radical (unpaired) electrons. The molecule has 1 aliphatic heterocycles. The fourth-order valence-corrected chi connectivity index (χ4v) is 1.70. The van der Waals surface area contributed by atoms with Crippen molar-refractivity contribution in [3.63, 3.8) is 0 Å². The first-order valence-electron chi connectivity index (χ1n) is 3.98. The first-order chi connectivity index (χ1) is 6.97. The monoisotopic (exact) mass is 231 g/mol. The van der Waals surface area contributed by atoms with Crippen LogP contribution in [0.5, 0.6) is 5.75 Å². The van der Waals surface area contributed by atoms with Crippen molar-refractivity contribution in [2.75, 3.05) is 11.9 Å². The van der Waals surface area contributed by atoms with Crippen molar-refractivity contribution in [1.82, 2.24) is 0 Å². The Labute approximate surface area is 85.1 Å². The predicted molar refractivity (Wildman–Crippen MR) is 48.9 cm³/mol. The summed E-state index contributed by atoms with van der Waals surface area (Å²) in [5.41, 5.74) is 0.157. The van der Waals surface area contributed by atoms with Crippen molar-refractivity contribution < 1.29 is 21.8 Å². The standard InChI is InChI=1S/C8H6FNO4S/c9-15(12,13)5-1-2-7-6(3-5)10-8(11)4-14-7/h1-3H,4H2,(H,10,11). The van der Waals surface area contributed by atoms with E-state index in [0.717, 1.165) is 12.1 Å².